The van der Waals surface area contributed by atoms with E-state index in [0.717, 1.165) is 29.0 Å². The zero-order chi connectivity index (χ0) is 25.0. The minimum atomic E-state index is -1.50. The van der Waals surface area contributed by atoms with Gasteiger partial charge in [0, 0.05) is 36.6 Å². The number of amides is 1. The lowest BCUT2D eigenvalue weighted by molar-refractivity contribution is 0.0512. The summed E-state index contributed by atoms with van der Waals surface area (Å²) in [5.74, 6) is -4.09. The fraction of sp³-hybridized carbons (Fsp3) is 0.346. The van der Waals surface area contributed by atoms with Gasteiger partial charge in [0.1, 0.15) is 5.65 Å². The van der Waals surface area contributed by atoms with Crippen molar-refractivity contribution in [2.45, 2.75) is 52.1 Å². The number of fused-ring (bicyclic) bond motifs is 2. The zero-order valence-electron chi connectivity index (χ0n) is 20.0. The maximum Gasteiger partial charge on any atom is 0.256 e. The minimum absolute atomic E-state index is 0.103. The predicted molar refractivity (Wildman–Crippen MR) is 125 cm³/mol. The van der Waals surface area contributed by atoms with Crippen LogP contribution in [0.15, 0.2) is 36.7 Å². The van der Waals surface area contributed by atoms with E-state index in [0.29, 0.717) is 36.2 Å². The van der Waals surface area contributed by atoms with Gasteiger partial charge in [0.05, 0.1) is 28.7 Å². The molecule has 0 fully saturated rings. The number of benzene rings is 1. The van der Waals surface area contributed by atoms with E-state index < -0.39 is 17.5 Å². The van der Waals surface area contributed by atoms with Crippen molar-refractivity contribution in [1.82, 2.24) is 24.1 Å². The summed E-state index contributed by atoms with van der Waals surface area (Å²) in [6.45, 7) is 5.90. The lowest BCUT2D eigenvalue weighted by Crippen LogP contribution is -2.47. The van der Waals surface area contributed by atoms with Crippen LogP contribution in [0.3, 0.4) is 0 Å². The summed E-state index contributed by atoms with van der Waals surface area (Å²) >= 11 is 0. The van der Waals surface area contributed by atoms with E-state index in [1.165, 1.54) is 0 Å². The van der Waals surface area contributed by atoms with Crippen LogP contribution >= 0.6 is 0 Å². The first-order valence-corrected chi connectivity index (χ1v) is 11.7. The van der Waals surface area contributed by atoms with Gasteiger partial charge in [0.25, 0.3) is 5.91 Å². The molecule has 0 spiro atoms. The predicted octanol–water partition coefficient (Wildman–Crippen LogP) is 5.39. The van der Waals surface area contributed by atoms with Crippen molar-refractivity contribution in [2.24, 2.45) is 7.05 Å². The van der Waals surface area contributed by atoms with Gasteiger partial charge in [-0.3, -0.25) is 9.48 Å². The maximum absolute atomic E-state index is 14.0. The molecule has 35 heavy (non-hydrogen) atoms. The first-order valence-electron chi connectivity index (χ1n) is 11.7. The molecule has 5 rings (SSSR count). The summed E-state index contributed by atoms with van der Waals surface area (Å²) in [7, 11) is 1.70. The lowest BCUT2D eigenvalue weighted by atomic mass is 9.87. The highest BCUT2D eigenvalue weighted by Gasteiger charge is 2.40. The van der Waals surface area contributed by atoms with Crippen LogP contribution in [0, 0.1) is 24.4 Å². The third kappa shape index (κ3) is 3.69. The minimum Gasteiger partial charge on any atom is -0.327 e. The zero-order valence-corrected chi connectivity index (χ0v) is 20.0. The molecule has 0 saturated heterocycles. The molecule has 0 N–H and O–H groups in total. The van der Waals surface area contributed by atoms with Gasteiger partial charge in [-0.2, -0.15) is 5.10 Å². The van der Waals surface area contributed by atoms with Gasteiger partial charge in [0.15, 0.2) is 17.5 Å². The molecule has 4 heterocycles. The molecule has 0 aliphatic carbocycles. The fourth-order valence-corrected chi connectivity index (χ4v) is 5.26. The number of imidazole rings is 1. The third-order valence-electron chi connectivity index (χ3n) is 6.83. The highest BCUT2D eigenvalue weighted by Crippen LogP contribution is 2.41. The second-order valence-corrected chi connectivity index (χ2v) is 9.06. The highest BCUT2D eigenvalue weighted by molar-refractivity contribution is 5.95. The number of carbonyl (C=O) groups excluding carboxylic acids is 1. The number of carbonyl (C=O) groups is 1. The van der Waals surface area contributed by atoms with E-state index in [-0.39, 0.29) is 23.6 Å². The summed E-state index contributed by atoms with van der Waals surface area (Å²) in [5, 5.41) is 4.68. The molecule has 1 aliphatic heterocycles. The molecule has 9 heteroatoms. The molecule has 0 bridgehead atoms. The number of pyridine rings is 1. The van der Waals surface area contributed by atoms with Gasteiger partial charge >= 0.3 is 0 Å². The largest absolute Gasteiger partial charge is 0.327 e. The number of nitrogens with zero attached hydrogens (tertiary/aromatic N) is 5. The molecular formula is C26H26F3N5O. The molecule has 2 unspecified atom stereocenters. The highest BCUT2D eigenvalue weighted by atomic mass is 19.2. The van der Waals surface area contributed by atoms with Crippen LogP contribution in [0.25, 0.3) is 16.9 Å². The first kappa shape index (κ1) is 23.1. The molecule has 182 valence electrons. The maximum atomic E-state index is 14.0. The Bertz CT molecular complexity index is 1430. The molecule has 4 aromatic rings. The summed E-state index contributed by atoms with van der Waals surface area (Å²) in [5.41, 5.74) is 4.49. The Morgan fingerprint density at radius 3 is 2.46 bits per heavy atom. The van der Waals surface area contributed by atoms with Crippen LogP contribution in [0.5, 0.6) is 0 Å². The second kappa shape index (κ2) is 8.55. The third-order valence-corrected chi connectivity index (χ3v) is 6.83. The normalized spacial score (nSPS) is 17.7. The molecule has 3 aromatic heterocycles. The van der Waals surface area contributed by atoms with Gasteiger partial charge in [-0.25, -0.2) is 18.2 Å². The number of rotatable bonds is 4. The first-order chi connectivity index (χ1) is 16.7. The Kier molecular flexibility index (Phi) is 5.65. The van der Waals surface area contributed by atoms with Gasteiger partial charge in [-0.15, -0.1) is 0 Å². The quantitative estimate of drug-likeness (QED) is 0.368. The number of aromatic nitrogens is 4. The molecule has 6 nitrogen and oxygen atoms in total. The van der Waals surface area contributed by atoms with E-state index in [1.807, 2.05) is 42.3 Å². The van der Waals surface area contributed by atoms with Gasteiger partial charge in [0.2, 0.25) is 0 Å². The smallest absolute Gasteiger partial charge is 0.256 e. The van der Waals surface area contributed by atoms with E-state index in [1.54, 1.807) is 24.0 Å². The Balaban J connectivity index is 1.60. The Morgan fingerprint density at radius 2 is 1.80 bits per heavy atom. The van der Waals surface area contributed by atoms with Crippen LogP contribution < -0.4 is 0 Å². The van der Waals surface area contributed by atoms with E-state index in [4.69, 9.17) is 0 Å². The van der Waals surface area contributed by atoms with E-state index in [2.05, 4.69) is 10.1 Å². The number of hydrogen-bond acceptors (Lipinski definition) is 3. The number of halogens is 3. The Morgan fingerprint density at radius 1 is 1.09 bits per heavy atom. The topological polar surface area (TPSA) is 55.4 Å². The Hall–Kier alpha value is -3.62. The fourth-order valence-electron chi connectivity index (χ4n) is 5.26. The van der Waals surface area contributed by atoms with Crippen molar-refractivity contribution in [2.75, 3.05) is 0 Å². The molecule has 1 aromatic carbocycles. The van der Waals surface area contributed by atoms with Crippen molar-refractivity contribution in [3.8, 4) is 11.3 Å². The van der Waals surface area contributed by atoms with Crippen LogP contribution in [0.4, 0.5) is 13.2 Å². The van der Waals surface area contributed by atoms with Gasteiger partial charge in [-0.1, -0.05) is 13.8 Å². The SMILES string of the molecule is CCC1Cc2c(nn(C)c2-c2cc(F)c(F)c(F)c2)C(CC)N1C(=O)c1ccc2nc(C)cn2c1. The monoisotopic (exact) mass is 481 g/mol. The van der Waals surface area contributed by atoms with E-state index in [9.17, 15) is 18.0 Å². The molecular weight excluding hydrogens is 455 g/mol. The van der Waals surface area contributed by atoms with Crippen LogP contribution in [-0.4, -0.2) is 36.0 Å². The molecule has 0 saturated carbocycles. The van der Waals surface area contributed by atoms with Crippen molar-refractivity contribution in [3.63, 3.8) is 0 Å². The van der Waals surface area contributed by atoms with Crippen LogP contribution in [0.2, 0.25) is 0 Å². The van der Waals surface area contributed by atoms with Gasteiger partial charge < -0.3 is 9.30 Å². The van der Waals surface area contributed by atoms with Crippen LogP contribution in [0.1, 0.15) is 60.0 Å². The standard InChI is InChI=1S/C26H26F3N5O/c1-5-17-11-18-24(31-32(4)25(18)16-9-19(27)23(29)20(28)10-16)21(6-2)34(17)26(35)15-7-8-22-30-14(3)12-33(22)13-15/h7-10,12-13,17,21H,5-6,11H2,1-4H3. The molecule has 2 atom stereocenters. The lowest BCUT2D eigenvalue weighted by Gasteiger charge is -2.41. The molecule has 0 radical (unpaired) electrons. The van der Waals surface area contributed by atoms with Crippen molar-refractivity contribution in [1.29, 1.82) is 0 Å². The average Bonchev–Trinajstić information content (AvgIpc) is 3.37. The van der Waals surface area contributed by atoms with Crippen molar-refractivity contribution < 1.29 is 18.0 Å². The van der Waals surface area contributed by atoms with E-state index >= 15 is 0 Å². The summed E-state index contributed by atoms with van der Waals surface area (Å²) < 4.78 is 45.1. The van der Waals surface area contributed by atoms with Gasteiger partial charge in [-0.05, 0) is 50.5 Å². The molecule has 1 aliphatic rings. The number of aryl methyl sites for hydroxylation is 2. The summed E-state index contributed by atoms with van der Waals surface area (Å²) in [6.07, 6.45) is 5.45. The van der Waals surface area contributed by atoms with Crippen molar-refractivity contribution >= 4 is 11.6 Å². The molecule has 1 amide bonds. The Labute approximate surface area is 201 Å². The summed E-state index contributed by atoms with van der Waals surface area (Å²) in [4.78, 5) is 20.1. The average molecular weight is 482 g/mol. The van der Waals surface area contributed by atoms with Crippen molar-refractivity contribution in [3.05, 3.63) is 76.6 Å². The van der Waals surface area contributed by atoms with Crippen LogP contribution in [-0.2, 0) is 13.5 Å². The number of hydrogen-bond donors (Lipinski definition) is 0. The second-order valence-electron chi connectivity index (χ2n) is 9.06. The summed E-state index contributed by atoms with van der Waals surface area (Å²) in [6, 6.07) is 5.15.